The molecule has 0 spiro atoms. The Hall–Kier alpha value is -2.57. The number of halogens is 2. The molecule has 0 amide bonds. The number of carbonyl (C=O) groups is 1. The normalized spacial score (nSPS) is 24.9. The topological polar surface area (TPSA) is 58.6 Å². The molecule has 2 aromatic rings. The first-order valence-electron chi connectivity index (χ1n) is 10.3. The van der Waals surface area contributed by atoms with Crippen molar-refractivity contribution in [2.24, 2.45) is 0 Å². The van der Waals surface area contributed by atoms with E-state index >= 15 is 0 Å². The Morgan fingerprint density at radius 2 is 1.83 bits per heavy atom. The van der Waals surface area contributed by atoms with Crippen molar-refractivity contribution < 1.29 is 23.4 Å². The van der Waals surface area contributed by atoms with E-state index in [0.717, 1.165) is 36.9 Å². The van der Waals surface area contributed by atoms with Gasteiger partial charge in [0, 0.05) is 11.5 Å². The number of rotatable bonds is 4. The molecular formula is C24H25F2NO3. The van der Waals surface area contributed by atoms with Gasteiger partial charge in [-0.05, 0) is 68.1 Å². The molecule has 2 atom stereocenters. The van der Waals surface area contributed by atoms with E-state index in [1.165, 1.54) is 0 Å². The molecule has 0 aromatic heterocycles. The molecule has 0 radical (unpaired) electrons. The number of hydrogen-bond donors (Lipinski definition) is 2. The third-order valence-electron chi connectivity index (χ3n) is 6.00. The van der Waals surface area contributed by atoms with Crippen LogP contribution in [-0.2, 0) is 9.53 Å². The Bertz CT molecular complexity index is 941. The molecule has 158 valence electrons. The summed E-state index contributed by atoms with van der Waals surface area (Å²) in [5.74, 6) is -2.44. The standard InChI is InChI=1S/C24H25F2NO3/c25-18-6-7-22(26)20(15-18)17-8-11-24(29,21(14-17)16-4-2-1-3-5-16)23(28)30-19-9-12-27-13-10-19/h1-7,14-15,19,21,27,29H,8-13H2/t21-,24?/m0/s1. The summed E-state index contributed by atoms with van der Waals surface area (Å²) >= 11 is 0. The minimum absolute atomic E-state index is 0.0676. The van der Waals surface area contributed by atoms with Gasteiger partial charge in [-0.25, -0.2) is 13.6 Å². The molecule has 1 aliphatic heterocycles. The summed E-state index contributed by atoms with van der Waals surface area (Å²) in [5, 5.41) is 14.7. The quantitative estimate of drug-likeness (QED) is 0.746. The van der Waals surface area contributed by atoms with Gasteiger partial charge in [0.1, 0.15) is 17.7 Å². The molecule has 1 fully saturated rings. The van der Waals surface area contributed by atoms with Crippen LogP contribution in [0.1, 0.15) is 42.7 Å². The van der Waals surface area contributed by atoms with Gasteiger partial charge in [0.15, 0.2) is 5.60 Å². The summed E-state index contributed by atoms with van der Waals surface area (Å²) in [6, 6.07) is 12.4. The molecule has 1 aliphatic carbocycles. The molecule has 1 saturated heterocycles. The minimum atomic E-state index is -1.76. The van der Waals surface area contributed by atoms with E-state index in [1.54, 1.807) is 6.08 Å². The van der Waals surface area contributed by atoms with E-state index in [9.17, 15) is 18.7 Å². The van der Waals surface area contributed by atoms with Gasteiger partial charge in [0.05, 0.1) is 0 Å². The molecule has 30 heavy (non-hydrogen) atoms. The summed E-state index contributed by atoms with van der Waals surface area (Å²) < 4.78 is 33.8. The highest BCUT2D eigenvalue weighted by Crippen LogP contribution is 2.44. The number of hydrogen-bond acceptors (Lipinski definition) is 4. The van der Waals surface area contributed by atoms with Gasteiger partial charge < -0.3 is 15.2 Å². The Morgan fingerprint density at radius 3 is 2.57 bits per heavy atom. The highest BCUT2D eigenvalue weighted by atomic mass is 19.1. The molecule has 0 bridgehead atoms. The van der Waals surface area contributed by atoms with Crippen molar-refractivity contribution in [1.82, 2.24) is 5.32 Å². The predicted molar refractivity (Wildman–Crippen MR) is 110 cm³/mol. The summed E-state index contributed by atoms with van der Waals surface area (Å²) in [6.07, 6.45) is 3.16. The number of ether oxygens (including phenoxy) is 1. The molecule has 2 N–H and O–H groups in total. The number of carbonyl (C=O) groups excluding carboxylic acids is 1. The maximum Gasteiger partial charge on any atom is 0.339 e. The average molecular weight is 413 g/mol. The predicted octanol–water partition coefficient (Wildman–Crippen LogP) is 3.95. The maximum absolute atomic E-state index is 14.4. The number of benzene rings is 2. The lowest BCUT2D eigenvalue weighted by Crippen LogP contribution is -2.49. The van der Waals surface area contributed by atoms with Crippen molar-refractivity contribution in [3.63, 3.8) is 0 Å². The van der Waals surface area contributed by atoms with E-state index in [0.29, 0.717) is 18.4 Å². The van der Waals surface area contributed by atoms with Crippen molar-refractivity contribution >= 4 is 11.5 Å². The van der Waals surface area contributed by atoms with Gasteiger partial charge in [-0.2, -0.15) is 0 Å². The number of allylic oxidation sites excluding steroid dienone is 1. The van der Waals surface area contributed by atoms with Gasteiger partial charge in [-0.1, -0.05) is 36.4 Å². The van der Waals surface area contributed by atoms with E-state index < -0.39 is 29.1 Å². The molecule has 1 heterocycles. The average Bonchev–Trinajstić information content (AvgIpc) is 2.77. The molecule has 4 rings (SSSR count). The monoisotopic (exact) mass is 413 g/mol. The molecule has 6 heteroatoms. The zero-order valence-corrected chi connectivity index (χ0v) is 16.6. The Balaban J connectivity index is 1.69. The van der Waals surface area contributed by atoms with Gasteiger partial charge in [-0.15, -0.1) is 0 Å². The minimum Gasteiger partial charge on any atom is -0.460 e. The fourth-order valence-electron chi connectivity index (χ4n) is 4.30. The first kappa shape index (κ1) is 20.7. The van der Waals surface area contributed by atoms with E-state index in [1.807, 2.05) is 30.3 Å². The summed E-state index contributed by atoms with van der Waals surface area (Å²) in [5.41, 5.74) is -0.319. The second-order valence-corrected chi connectivity index (χ2v) is 7.98. The van der Waals surface area contributed by atoms with Crippen LogP contribution in [0.4, 0.5) is 8.78 Å². The smallest absolute Gasteiger partial charge is 0.339 e. The fourth-order valence-corrected chi connectivity index (χ4v) is 4.30. The number of nitrogens with one attached hydrogen (secondary N) is 1. The zero-order chi connectivity index (χ0) is 21.1. The van der Waals surface area contributed by atoms with Crippen molar-refractivity contribution in [2.45, 2.75) is 43.3 Å². The van der Waals surface area contributed by atoms with Crippen molar-refractivity contribution in [3.8, 4) is 0 Å². The van der Waals surface area contributed by atoms with Gasteiger partial charge in [-0.3, -0.25) is 0 Å². The first-order valence-corrected chi connectivity index (χ1v) is 10.3. The van der Waals surface area contributed by atoms with Crippen molar-refractivity contribution in [3.05, 3.63) is 77.4 Å². The van der Waals surface area contributed by atoms with Gasteiger partial charge in [0.2, 0.25) is 0 Å². The van der Waals surface area contributed by atoms with E-state index in [-0.39, 0.29) is 24.5 Å². The third-order valence-corrected chi connectivity index (χ3v) is 6.00. The molecular weight excluding hydrogens is 388 g/mol. The van der Waals surface area contributed by atoms with Crippen LogP contribution in [0.2, 0.25) is 0 Å². The largest absolute Gasteiger partial charge is 0.460 e. The summed E-state index contributed by atoms with van der Waals surface area (Å²) in [4.78, 5) is 13.1. The van der Waals surface area contributed by atoms with Crippen LogP contribution in [-0.4, -0.2) is 35.9 Å². The molecule has 1 unspecified atom stereocenters. The van der Waals surface area contributed by atoms with Gasteiger partial charge >= 0.3 is 5.97 Å². The molecule has 2 aliphatic rings. The Kier molecular flexibility index (Phi) is 5.97. The van der Waals surface area contributed by atoms with Crippen LogP contribution in [0.3, 0.4) is 0 Å². The second-order valence-electron chi connectivity index (χ2n) is 7.98. The molecule has 0 saturated carbocycles. The van der Waals surface area contributed by atoms with Crippen LogP contribution < -0.4 is 5.32 Å². The van der Waals surface area contributed by atoms with Crippen molar-refractivity contribution in [1.29, 1.82) is 0 Å². The SMILES string of the molecule is O=C(OC1CCNCC1)C1(O)CCC(c2cc(F)ccc2F)=C[C@H]1c1ccccc1. The highest BCUT2D eigenvalue weighted by molar-refractivity contribution is 5.84. The lowest BCUT2D eigenvalue weighted by atomic mass is 9.72. The van der Waals surface area contributed by atoms with E-state index in [4.69, 9.17) is 4.74 Å². The van der Waals surface area contributed by atoms with Crippen LogP contribution >= 0.6 is 0 Å². The Labute approximate surface area is 174 Å². The number of esters is 1. The first-order chi connectivity index (χ1) is 14.5. The lowest BCUT2D eigenvalue weighted by Gasteiger charge is -2.38. The Morgan fingerprint density at radius 1 is 1.10 bits per heavy atom. The lowest BCUT2D eigenvalue weighted by molar-refractivity contribution is -0.174. The number of aliphatic hydroxyl groups is 1. The second kappa shape index (κ2) is 8.66. The molecule has 4 nitrogen and oxygen atoms in total. The maximum atomic E-state index is 14.4. The van der Waals surface area contributed by atoms with Crippen LogP contribution in [0.15, 0.2) is 54.6 Å². The van der Waals surface area contributed by atoms with E-state index in [2.05, 4.69) is 5.32 Å². The van der Waals surface area contributed by atoms with Crippen LogP contribution in [0.25, 0.3) is 5.57 Å². The summed E-state index contributed by atoms with van der Waals surface area (Å²) in [6.45, 7) is 1.53. The highest BCUT2D eigenvalue weighted by Gasteiger charge is 2.48. The van der Waals surface area contributed by atoms with Crippen LogP contribution in [0, 0.1) is 11.6 Å². The van der Waals surface area contributed by atoms with Crippen molar-refractivity contribution in [2.75, 3.05) is 13.1 Å². The fraction of sp³-hybridized carbons (Fsp3) is 0.375. The zero-order valence-electron chi connectivity index (χ0n) is 16.6. The summed E-state index contributed by atoms with van der Waals surface area (Å²) in [7, 11) is 0. The van der Waals surface area contributed by atoms with Gasteiger partial charge in [0.25, 0.3) is 0 Å². The van der Waals surface area contributed by atoms with Crippen LogP contribution in [0.5, 0.6) is 0 Å². The number of piperidine rings is 1. The third kappa shape index (κ3) is 4.16. The molecule has 2 aromatic carbocycles.